The van der Waals surface area contributed by atoms with Crippen LogP contribution in [0.2, 0.25) is 0 Å². The third-order valence-electron chi connectivity index (χ3n) is 11.2. The minimum absolute atomic E-state index is 0.0868. The van der Waals surface area contributed by atoms with Crippen molar-refractivity contribution in [3.05, 3.63) is 72.9 Å². The van der Waals surface area contributed by atoms with E-state index in [1.807, 2.05) is 0 Å². The summed E-state index contributed by atoms with van der Waals surface area (Å²) in [4.78, 5) is 37.9. The summed E-state index contributed by atoms with van der Waals surface area (Å²) in [7, 11) is 0. The molecular formula is C57H98O6. The average molecular weight is 879 g/mol. The molecule has 0 aromatic carbocycles. The molecule has 0 saturated heterocycles. The van der Waals surface area contributed by atoms with Gasteiger partial charge in [0.15, 0.2) is 6.10 Å². The molecule has 0 saturated carbocycles. The number of esters is 3. The lowest BCUT2D eigenvalue weighted by atomic mass is 10.0. The Morgan fingerprint density at radius 2 is 0.619 bits per heavy atom. The monoisotopic (exact) mass is 879 g/mol. The van der Waals surface area contributed by atoms with Crippen LogP contribution in [0.3, 0.4) is 0 Å². The lowest BCUT2D eigenvalue weighted by molar-refractivity contribution is -0.167. The summed E-state index contributed by atoms with van der Waals surface area (Å²) in [5.41, 5.74) is 0. The van der Waals surface area contributed by atoms with Gasteiger partial charge in [-0.25, -0.2) is 0 Å². The van der Waals surface area contributed by atoms with E-state index in [9.17, 15) is 14.4 Å². The summed E-state index contributed by atoms with van der Waals surface area (Å²) >= 11 is 0. The van der Waals surface area contributed by atoms with Crippen molar-refractivity contribution < 1.29 is 28.6 Å². The normalized spacial score (nSPS) is 12.6. The van der Waals surface area contributed by atoms with Gasteiger partial charge in [0.2, 0.25) is 0 Å². The van der Waals surface area contributed by atoms with Crippen LogP contribution >= 0.6 is 0 Å². The molecule has 0 aliphatic carbocycles. The molecule has 0 fully saturated rings. The molecule has 6 heteroatoms. The number of hydrogen-bond donors (Lipinski definition) is 0. The first kappa shape index (κ1) is 59.9. The largest absolute Gasteiger partial charge is 0.462 e. The highest BCUT2D eigenvalue weighted by Gasteiger charge is 2.19. The Bertz CT molecular complexity index is 1190. The molecule has 0 aliphatic heterocycles. The maximum absolute atomic E-state index is 12.8. The summed E-state index contributed by atoms with van der Waals surface area (Å²) in [6, 6.07) is 0. The second-order valence-electron chi connectivity index (χ2n) is 17.4. The molecule has 1 atom stereocenters. The van der Waals surface area contributed by atoms with Gasteiger partial charge in [-0.15, -0.1) is 0 Å². The predicted octanol–water partition coefficient (Wildman–Crippen LogP) is 17.4. The molecule has 1 unspecified atom stereocenters. The Balaban J connectivity index is 4.35. The van der Waals surface area contributed by atoms with Crippen molar-refractivity contribution in [2.45, 2.75) is 258 Å². The number of allylic oxidation sites excluding steroid dienone is 12. The van der Waals surface area contributed by atoms with Crippen molar-refractivity contribution in [1.29, 1.82) is 0 Å². The number of unbranched alkanes of at least 4 members (excludes halogenated alkanes) is 24. The number of carbonyl (C=O) groups excluding carboxylic acids is 3. The molecule has 362 valence electrons. The van der Waals surface area contributed by atoms with E-state index >= 15 is 0 Å². The van der Waals surface area contributed by atoms with E-state index in [0.29, 0.717) is 19.3 Å². The standard InChI is InChI=1S/C57H98O6/c1-4-7-10-13-16-19-21-23-25-27-28-29-30-31-33-34-36-38-41-44-47-50-56(59)62-53-54(52-61-55(58)49-46-43-40-18-15-12-9-6-3)63-57(60)51-48-45-42-39-37-35-32-26-24-22-20-17-14-11-8-5-2/h7,10,16,19,23,25,28-29,31,33,36,38,54H,4-6,8-9,11-15,17-18,20-22,24,26-27,30,32,34-35,37,39-53H2,1-3H3/b10-7-,19-16-,25-23-,29-28-,33-31-,38-36-. The smallest absolute Gasteiger partial charge is 0.306 e. The highest BCUT2D eigenvalue weighted by molar-refractivity contribution is 5.71. The van der Waals surface area contributed by atoms with E-state index < -0.39 is 6.10 Å². The Kier molecular flexibility index (Phi) is 48.9. The maximum Gasteiger partial charge on any atom is 0.306 e. The van der Waals surface area contributed by atoms with E-state index in [2.05, 4.69) is 93.7 Å². The van der Waals surface area contributed by atoms with Crippen LogP contribution in [0.15, 0.2) is 72.9 Å². The fourth-order valence-corrected chi connectivity index (χ4v) is 7.27. The SMILES string of the molecule is CC/C=C\C/C=C\C/C=C\C/C=C\C/C=C\C/C=C\CCCCC(=O)OCC(COC(=O)CCCCCCCCCC)OC(=O)CCCCCCCCCCCCCCCCCC. The van der Waals surface area contributed by atoms with E-state index in [1.165, 1.54) is 116 Å². The molecule has 0 spiro atoms. The zero-order chi connectivity index (χ0) is 45.8. The van der Waals surface area contributed by atoms with Crippen LogP contribution in [0.4, 0.5) is 0 Å². The van der Waals surface area contributed by atoms with Crippen molar-refractivity contribution in [1.82, 2.24) is 0 Å². The summed E-state index contributed by atoms with van der Waals surface area (Å²) in [5.74, 6) is -0.931. The van der Waals surface area contributed by atoms with Gasteiger partial charge < -0.3 is 14.2 Å². The summed E-state index contributed by atoms with van der Waals surface area (Å²) in [5, 5.41) is 0. The Labute approximate surface area is 389 Å². The maximum atomic E-state index is 12.8. The van der Waals surface area contributed by atoms with Gasteiger partial charge in [-0.3, -0.25) is 14.4 Å². The first-order valence-corrected chi connectivity index (χ1v) is 26.4. The van der Waals surface area contributed by atoms with Crippen LogP contribution in [0, 0.1) is 0 Å². The van der Waals surface area contributed by atoms with Crippen LogP contribution in [0.1, 0.15) is 252 Å². The first-order chi connectivity index (χ1) is 31.0. The predicted molar refractivity (Wildman–Crippen MR) is 270 cm³/mol. The van der Waals surface area contributed by atoms with Crippen LogP contribution in [-0.4, -0.2) is 37.2 Å². The van der Waals surface area contributed by atoms with Gasteiger partial charge in [-0.1, -0.05) is 235 Å². The second kappa shape index (κ2) is 51.5. The minimum atomic E-state index is -0.788. The van der Waals surface area contributed by atoms with E-state index in [-0.39, 0.29) is 31.1 Å². The van der Waals surface area contributed by atoms with Gasteiger partial charge in [0, 0.05) is 19.3 Å². The molecule has 0 heterocycles. The Morgan fingerprint density at radius 3 is 0.968 bits per heavy atom. The van der Waals surface area contributed by atoms with Crippen molar-refractivity contribution >= 4 is 17.9 Å². The zero-order valence-corrected chi connectivity index (χ0v) is 41.3. The van der Waals surface area contributed by atoms with Crippen molar-refractivity contribution in [2.24, 2.45) is 0 Å². The van der Waals surface area contributed by atoms with Crippen molar-refractivity contribution in [2.75, 3.05) is 13.2 Å². The van der Waals surface area contributed by atoms with Crippen molar-refractivity contribution in [3.63, 3.8) is 0 Å². The lowest BCUT2D eigenvalue weighted by Crippen LogP contribution is -2.30. The summed E-state index contributed by atoms with van der Waals surface area (Å²) in [6.07, 6.45) is 64.7. The van der Waals surface area contributed by atoms with Gasteiger partial charge in [0.05, 0.1) is 0 Å². The van der Waals surface area contributed by atoms with Crippen LogP contribution in [0.25, 0.3) is 0 Å². The summed E-state index contributed by atoms with van der Waals surface area (Å²) < 4.78 is 16.7. The van der Waals surface area contributed by atoms with Gasteiger partial charge in [-0.05, 0) is 70.6 Å². The highest BCUT2D eigenvalue weighted by atomic mass is 16.6. The number of ether oxygens (including phenoxy) is 3. The fourth-order valence-electron chi connectivity index (χ4n) is 7.27. The van der Waals surface area contributed by atoms with E-state index in [1.54, 1.807) is 0 Å². The fraction of sp³-hybridized carbons (Fsp3) is 0.737. The quantitative estimate of drug-likeness (QED) is 0.0262. The minimum Gasteiger partial charge on any atom is -0.462 e. The highest BCUT2D eigenvalue weighted by Crippen LogP contribution is 2.15. The third-order valence-corrected chi connectivity index (χ3v) is 11.2. The second-order valence-corrected chi connectivity index (χ2v) is 17.4. The van der Waals surface area contributed by atoms with Gasteiger partial charge >= 0.3 is 17.9 Å². The van der Waals surface area contributed by atoms with Gasteiger partial charge in [0.25, 0.3) is 0 Å². The Morgan fingerprint density at radius 1 is 0.333 bits per heavy atom. The average Bonchev–Trinajstić information content (AvgIpc) is 3.28. The molecule has 0 amide bonds. The molecule has 63 heavy (non-hydrogen) atoms. The molecule has 0 aliphatic rings. The topological polar surface area (TPSA) is 78.9 Å². The lowest BCUT2D eigenvalue weighted by Gasteiger charge is -2.18. The molecule has 0 radical (unpaired) electrons. The third kappa shape index (κ3) is 49.7. The van der Waals surface area contributed by atoms with Crippen LogP contribution in [0.5, 0.6) is 0 Å². The molecule has 0 aromatic rings. The molecule has 0 rings (SSSR count). The zero-order valence-electron chi connectivity index (χ0n) is 41.3. The van der Waals surface area contributed by atoms with Crippen LogP contribution in [-0.2, 0) is 28.6 Å². The molecular weight excluding hydrogens is 781 g/mol. The number of carbonyl (C=O) groups is 3. The number of hydrogen-bond acceptors (Lipinski definition) is 6. The van der Waals surface area contributed by atoms with Gasteiger partial charge in [0.1, 0.15) is 13.2 Å². The van der Waals surface area contributed by atoms with E-state index in [0.717, 1.165) is 96.3 Å². The number of rotatable bonds is 47. The van der Waals surface area contributed by atoms with E-state index in [4.69, 9.17) is 14.2 Å². The molecule has 0 bridgehead atoms. The molecule has 0 N–H and O–H groups in total. The molecule has 0 aromatic heterocycles. The van der Waals surface area contributed by atoms with Gasteiger partial charge in [-0.2, -0.15) is 0 Å². The summed E-state index contributed by atoms with van der Waals surface area (Å²) in [6.45, 7) is 6.47. The first-order valence-electron chi connectivity index (χ1n) is 26.4. The van der Waals surface area contributed by atoms with Crippen molar-refractivity contribution in [3.8, 4) is 0 Å². The molecule has 6 nitrogen and oxygen atoms in total. The Hall–Kier alpha value is -3.15. The van der Waals surface area contributed by atoms with Crippen LogP contribution < -0.4 is 0 Å².